The Morgan fingerprint density at radius 2 is 1.73 bits per heavy atom. The number of aromatic hydroxyl groups is 2. The topological polar surface area (TPSA) is 227 Å². The Balaban J connectivity index is 1.47. The van der Waals surface area contributed by atoms with E-state index in [4.69, 9.17) is 19.9 Å². The van der Waals surface area contributed by atoms with E-state index in [0.29, 0.717) is 0 Å². The molecular formula is C33H35N3O11S. The molecule has 15 heteroatoms. The van der Waals surface area contributed by atoms with Crippen molar-refractivity contribution in [1.82, 2.24) is 4.83 Å². The number of sulfonamides is 1. The molecule has 2 aliphatic carbocycles. The lowest BCUT2D eigenvalue weighted by Gasteiger charge is -2.42. The highest BCUT2D eigenvalue weighted by molar-refractivity contribution is 7.89. The molecule has 1 fully saturated rings. The Morgan fingerprint density at radius 1 is 1.04 bits per heavy atom. The van der Waals surface area contributed by atoms with E-state index < -0.39 is 86.9 Å². The average Bonchev–Trinajstić information content (AvgIpc) is 3.06. The Bertz CT molecular complexity index is 1940. The van der Waals surface area contributed by atoms with Gasteiger partial charge in [0, 0.05) is 42.0 Å². The summed E-state index contributed by atoms with van der Waals surface area (Å²) in [4.78, 5) is 29.7. The van der Waals surface area contributed by atoms with Gasteiger partial charge in [0.25, 0.3) is 10.0 Å². The zero-order valence-corrected chi connectivity index (χ0v) is 27.0. The van der Waals surface area contributed by atoms with E-state index in [-0.39, 0.29) is 51.5 Å². The fourth-order valence-corrected chi connectivity index (χ4v) is 7.43. The predicted octanol–water partition coefficient (Wildman–Crippen LogP) is 1.79. The third kappa shape index (κ3) is 5.51. The molecule has 0 spiro atoms. The van der Waals surface area contributed by atoms with Gasteiger partial charge in [0.2, 0.25) is 5.78 Å². The number of nitrogens with two attached hydrogens (primary N) is 1. The Morgan fingerprint density at radius 3 is 2.40 bits per heavy atom. The molecule has 0 aromatic heterocycles. The van der Waals surface area contributed by atoms with Crippen molar-refractivity contribution >= 4 is 27.3 Å². The monoisotopic (exact) mass is 681 g/mol. The summed E-state index contributed by atoms with van der Waals surface area (Å²) in [6.07, 6.45) is -4.91. The van der Waals surface area contributed by atoms with Gasteiger partial charge in [-0.3, -0.25) is 9.59 Å². The lowest BCUT2D eigenvalue weighted by atomic mass is 9.72. The number of hydrogen-bond acceptors (Lipinski definition) is 13. The Labute approximate surface area is 275 Å². The molecule has 6 rings (SSSR count). The summed E-state index contributed by atoms with van der Waals surface area (Å²) in [5, 5.41) is 49.8. The van der Waals surface area contributed by atoms with Crippen LogP contribution in [-0.4, -0.2) is 83.4 Å². The van der Waals surface area contributed by atoms with Crippen molar-refractivity contribution in [2.24, 2.45) is 10.8 Å². The van der Waals surface area contributed by atoms with Crippen molar-refractivity contribution in [1.29, 1.82) is 0 Å². The Hall–Kier alpha value is -4.38. The molecule has 3 aliphatic rings. The quantitative estimate of drug-likeness (QED) is 0.0933. The minimum atomic E-state index is -4.13. The smallest absolute Gasteiger partial charge is 0.276 e. The predicted molar refractivity (Wildman–Crippen MR) is 170 cm³/mol. The van der Waals surface area contributed by atoms with Crippen molar-refractivity contribution in [2.75, 3.05) is 7.11 Å². The lowest BCUT2D eigenvalue weighted by molar-refractivity contribution is -0.245. The van der Waals surface area contributed by atoms with Gasteiger partial charge in [0.05, 0.1) is 52.7 Å². The first-order chi connectivity index (χ1) is 22.7. The van der Waals surface area contributed by atoms with Crippen LogP contribution in [0.3, 0.4) is 0 Å². The van der Waals surface area contributed by atoms with Gasteiger partial charge in [0.1, 0.15) is 22.8 Å². The molecule has 1 saturated heterocycles. The summed E-state index contributed by atoms with van der Waals surface area (Å²) in [5.41, 5.74) is 2.71. The van der Waals surface area contributed by atoms with Crippen LogP contribution in [0.2, 0.25) is 0 Å². The van der Waals surface area contributed by atoms with E-state index in [1.54, 1.807) is 13.0 Å². The molecule has 7 N–H and O–H groups in total. The minimum absolute atomic E-state index is 0.0133. The molecular weight excluding hydrogens is 646 g/mol. The van der Waals surface area contributed by atoms with E-state index in [1.807, 2.05) is 0 Å². The number of benzene rings is 3. The lowest BCUT2D eigenvalue weighted by Crippen LogP contribution is -2.52. The zero-order chi connectivity index (χ0) is 34.7. The normalized spacial score (nSPS) is 27.1. The minimum Gasteiger partial charge on any atom is -0.507 e. The van der Waals surface area contributed by atoms with Gasteiger partial charge in [-0.15, -0.1) is 0 Å². The molecule has 1 heterocycles. The molecule has 3 aromatic rings. The van der Waals surface area contributed by atoms with Gasteiger partial charge in [0.15, 0.2) is 12.1 Å². The second-order valence-electron chi connectivity index (χ2n) is 12.2. The first-order valence-electron chi connectivity index (χ1n) is 15.1. The number of carbonyl (C=O) groups is 2. The third-order valence-corrected chi connectivity index (χ3v) is 10.4. The number of ketones is 2. The summed E-state index contributed by atoms with van der Waals surface area (Å²) in [7, 11) is -2.80. The molecule has 3 aromatic carbocycles. The van der Waals surface area contributed by atoms with Crippen LogP contribution in [0.4, 0.5) is 0 Å². The van der Waals surface area contributed by atoms with E-state index in [1.165, 1.54) is 56.5 Å². The van der Waals surface area contributed by atoms with Crippen LogP contribution in [0.15, 0.2) is 58.5 Å². The van der Waals surface area contributed by atoms with Gasteiger partial charge in [-0.1, -0.05) is 30.3 Å². The van der Waals surface area contributed by atoms with Crippen LogP contribution in [0.1, 0.15) is 75.8 Å². The standard InChI is InChI=1S/C33H35N3O11S/c1-15-28(37)20(34)12-23(46-15)47-22-14-33(42,16(2)35-36-48(43,44)17-8-5-4-6-9-17)13-19-25(22)32(41)27-26(30(19)39)29(38)18-10-7-11-21(45-3)24(18)31(27)40/h4-11,15,20,22-23,28,36-37,39,41-42H,12-14,34H2,1-3H3/b35-16+/t15-,20-,22-,23-,28+,33-/m0/s1. The summed E-state index contributed by atoms with van der Waals surface area (Å²) >= 11 is 0. The van der Waals surface area contributed by atoms with Crippen molar-refractivity contribution in [3.8, 4) is 17.2 Å². The number of aliphatic hydroxyl groups excluding tert-OH is 1. The van der Waals surface area contributed by atoms with E-state index in [2.05, 4.69) is 9.93 Å². The fourth-order valence-electron chi connectivity index (χ4n) is 6.55. The molecule has 0 radical (unpaired) electrons. The van der Waals surface area contributed by atoms with Gasteiger partial charge in [-0.05, 0) is 32.0 Å². The molecule has 0 amide bonds. The summed E-state index contributed by atoms with van der Waals surface area (Å²) in [6.45, 7) is 2.96. The van der Waals surface area contributed by atoms with Gasteiger partial charge >= 0.3 is 0 Å². The summed E-state index contributed by atoms with van der Waals surface area (Å²) in [6, 6.07) is 11.1. The van der Waals surface area contributed by atoms with Crippen LogP contribution in [0, 0.1) is 0 Å². The number of nitrogens with zero attached hydrogens (tertiary/aromatic N) is 1. The van der Waals surface area contributed by atoms with E-state index in [0.717, 1.165) is 0 Å². The molecule has 48 heavy (non-hydrogen) atoms. The van der Waals surface area contributed by atoms with Gasteiger partial charge in [-0.25, -0.2) is 4.83 Å². The second-order valence-corrected chi connectivity index (χ2v) is 13.8. The number of hydrazone groups is 1. The third-order valence-electron chi connectivity index (χ3n) is 9.20. The highest BCUT2D eigenvalue weighted by Gasteiger charge is 2.49. The van der Waals surface area contributed by atoms with E-state index in [9.17, 15) is 38.4 Å². The number of aliphatic hydroxyl groups is 2. The van der Waals surface area contributed by atoms with Crippen LogP contribution in [0.5, 0.6) is 17.2 Å². The number of methoxy groups -OCH3 is 1. The number of phenols is 2. The highest BCUT2D eigenvalue weighted by atomic mass is 32.2. The number of rotatable bonds is 7. The molecule has 6 atom stereocenters. The molecule has 14 nitrogen and oxygen atoms in total. The fraction of sp³-hybridized carbons (Fsp3) is 0.364. The number of fused-ring (bicyclic) bond motifs is 3. The van der Waals surface area contributed by atoms with E-state index >= 15 is 0 Å². The molecule has 0 saturated carbocycles. The SMILES string of the molecule is COc1cccc2c1C(=O)c1c(O)c3c(c(O)c1C2=O)C[C@@](O)(/C(C)=N/NS(=O)(=O)c1ccccc1)C[C@@H]3O[C@H]1C[C@H](N)[C@H](O)[C@H](C)O1. The molecule has 254 valence electrons. The van der Waals surface area contributed by atoms with Gasteiger partial charge in [-0.2, -0.15) is 13.5 Å². The second kappa shape index (κ2) is 12.3. The number of ether oxygens (including phenoxy) is 3. The number of nitrogens with one attached hydrogen (secondary N) is 1. The number of carbonyl (C=O) groups excluding carboxylic acids is 2. The zero-order valence-electron chi connectivity index (χ0n) is 26.2. The average molecular weight is 682 g/mol. The number of phenolic OH excluding ortho intramolecular Hbond substituents is 2. The van der Waals surface area contributed by atoms with Crippen LogP contribution < -0.4 is 15.3 Å². The van der Waals surface area contributed by atoms with Crippen LogP contribution in [-0.2, 0) is 25.9 Å². The number of hydrogen-bond donors (Lipinski definition) is 6. The first-order valence-corrected chi connectivity index (χ1v) is 16.6. The maximum atomic E-state index is 13.9. The van der Waals surface area contributed by atoms with Crippen molar-refractivity contribution in [3.05, 3.63) is 81.9 Å². The maximum Gasteiger partial charge on any atom is 0.276 e. The molecule has 0 unspecified atom stereocenters. The Kier molecular flexibility index (Phi) is 8.56. The highest BCUT2D eigenvalue weighted by Crippen LogP contribution is 2.52. The first kappa shape index (κ1) is 33.5. The maximum absolute atomic E-state index is 13.9. The molecule has 0 bridgehead atoms. The van der Waals surface area contributed by atoms with Crippen LogP contribution >= 0.6 is 0 Å². The van der Waals surface area contributed by atoms with Crippen LogP contribution in [0.25, 0.3) is 0 Å². The summed E-state index contributed by atoms with van der Waals surface area (Å²) in [5.74, 6) is -2.75. The largest absolute Gasteiger partial charge is 0.507 e. The van der Waals surface area contributed by atoms with Gasteiger partial charge < -0.3 is 40.4 Å². The molecule has 1 aliphatic heterocycles. The van der Waals surface area contributed by atoms with Crippen molar-refractivity contribution < 1.29 is 52.6 Å². The van der Waals surface area contributed by atoms with Crippen molar-refractivity contribution in [3.63, 3.8) is 0 Å². The van der Waals surface area contributed by atoms with Crippen molar-refractivity contribution in [2.45, 2.75) is 74.3 Å². The summed E-state index contributed by atoms with van der Waals surface area (Å²) < 4.78 is 43.2.